The predicted octanol–water partition coefficient (Wildman–Crippen LogP) is 1.57. The second kappa shape index (κ2) is 7.14. The fourth-order valence-corrected chi connectivity index (χ4v) is 1.44. The summed E-state index contributed by atoms with van der Waals surface area (Å²) in [5.74, 6) is 0. The van der Waals surface area contributed by atoms with Crippen molar-refractivity contribution in [2.75, 3.05) is 51.4 Å². The Bertz CT molecular complexity index is 339. The number of hydrogen-bond donors (Lipinski definition) is 2. The minimum atomic E-state index is 0.710. The molecule has 0 aliphatic heterocycles. The van der Waals surface area contributed by atoms with Gasteiger partial charge >= 0.3 is 0 Å². The highest BCUT2D eigenvalue weighted by Gasteiger charge is 1.98. The quantitative estimate of drug-likeness (QED) is 0.558. The molecule has 0 spiro atoms. The van der Waals surface area contributed by atoms with Crippen LogP contribution >= 0.6 is 0 Å². The number of hydrogen-bond acceptors (Lipinski definition) is 4. The summed E-state index contributed by atoms with van der Waals surface area (Å²) >= 11 is 0. The molecule has 0 fully saturated rings. The molecule has 3 N–H and O–H groups in total. The maximum Gasteiger partial charge on any atom is 0.0639 e. The summed E-state index contributed by atoms with van der Waals surface area (Å²) in [5.41, 5.74) is 8.81. The number of anilines is 2. The lowest BCUT2D eigenvalue weighted by molar-refractivity contribution is 0.126. The van der Waals surface area contributed by atoms with Crippen molar-refractivity contribution in [1.29, 1.82) is 0 Å². The second-order valence-electron chi connectivity index (χ2n) is 4.42. The number of rotatable bonds is 7. The molecular weight excluding hydrogens is 214 g/mol. The van der Waals surface area contributed by atoms with Gasteiger partial charge in [-0.15, -0.1) is 0 Å². The van der Waals surface area contributed by atoms with Crippen LogP contribution in [0.5, 0.6) is 0 Å². The zero-order chi connectivity index (χ0) is 12.7. The van der Waals surface area contributed by atoms with Gasteiger partial charge in [0.05, 0.1) is 13.2 Å². The molecule has 0 aliphatic rings. The minimum absolute atomic E-state index is 0.710. The Morgan fingerprint density at radius 1 is 1.29 bits per heavy atom. The average molecular weight is 237 g/mol. The maximum absolute atomic E-state index is 5.74. The number of nitrogens with zero attached hydrogens (tertiary/aromatic N) is 1. The van der Waals surface area contributed by atoms with Gasteiger partial charge in [-0.25, -0.2) is 0 Å². The van der Waals surface area contributed by atoms with Crippen LogP contribution in [0, 0.1) is 6.92 Å². The molecule has 0 aromatic heterocycles. The first-order chi connectivity index (χ1) is 8.09. The largest absolute Gasteiger partial charge is 0.399 e. The van der Waals surface area contributed by atoms with Gasteiger partial charge in [-0.1, -0.05) is 6.07 Å². The lowest BCUT2D eigenvalue weighted by Crippen LogP contribution is -2.20. The first-order valence-corrected chi connectivity index (χ1v) is 5.92. The normalized spacial score (nSPS) is 10.8. The molecule has 96 valence electrons. The molecule has 0 saturated heterocycles. The Balaban J connectivity index is 2.20. The monoisotopic (exact) mass is 237 g/mol. The van der Waals surface area contributed by atoms with Crippen molar-refractivity contribution in [3.05, 3.63) is 23.8 Å². The number of likely N-dealkylation sites (N-methyl/N-ethyl adjacent to an activating group) is 1. The highest BCUT2D eigenvalue weighted by Crippen LogP contribution is 2.17. The molecule has 0 bridgehead atoms. The van der Waals surface area contributed by atoms with Crippen LogP contribution in [0.4, 0.5) is 11.4 Å². The average Bonchev–Trinajstić information content (AvgIpc) is 2.27. The van der Waals surface area contributed by atoms with Crippen LogP contribution in [0.15, 0.2) is 18.2 Å². The van der Waals surface area contributed by atoms with E-state index >= 15 is 0 Å². The third kappa shape index (κ3) is 5.56. The Morgan fingerprint density at radius 2 is 2.06 bits per heavy atom. The topological polar surface area (TPSA) is 50.5 Å². The molecular formula is C13H23N3O. The summed E-state index contributed by atoms with van der Waals surface area (Å²) in [6.07, 6.45) is 0. The zero-order valence-corrected chi connectivity index (χ0v) is 11.0. The van der Waals surface area contributed by atoms with Crippen molar-refractivity contribution in [2.45, 2.75) is 6.92 Å². The number of nitrogens with two attached hydrogens (primary N) is 1. The molecule has 1 aromatic rings. The van der Waals surface area contributed by atoms with Gasteiger partial charge in [-0.2, -0.15) is 0 Å². The molecule has 0 saturated carbocycles. The van der Waals surface area contributed by atoms with Crippen LogP contribution in [-0.2, 0) is 4.74 Å². The number of benzene rings is 1. The third-order valence-corrected chi connectivity index (χ3v) is 2.51. The van der Waals surface area contributed by atoms with Crippen molar-refractivity contribution >= 4 is 11.4 Å². The van der Waals surface area contributed by atoms with Crippen molar-refractivity contribution < 1.29 is 4.74 Å². The lowest BCUT2D eigenvalue weighted by Gasteiger charge is -2.12. The second-order valence-corrected chi connectivity index (χ2v) is 4.42. The van der Waals surface area contributed by atoms with Crippen LogP contribution in [0.1, 0.15) is 5.56 Å². The van der Waals surface area contributed by atoms with E-state index in [2.05, 4.69) is 17.1 Å². The van der Waals surface area contributed by atoms with Crippen molar-refractivity contribution in [2.24, 2.45) is 0 Å². The Kier molecular flexibility index (Phi) is 5.80. The van der Waals surface area contributed by atoms with E-state index in [1.807, 2.05) is 32.3 Å². The molecule has 0 aliphatic carbocycles. The molecule has 0 atom stereocenters. The summed E-state index contributed by atoms with van der Waals surface area (Å²) in [4.78, 5) is 2.11. The van der Waals surface area contributed by atoms with Crippen LogP contribution in [0.3, 0.4) is 0 Å². The van der Waals surface area contributed by atoms with Gasteiger partial charge in [0.2, 0.25) is 0 Å². The van der Waals surface area contributed by atoms with Crippen LogP contribution in [0.2, 0.25) is 0 Å². The fourth-order valence-electron chi connectivity index (χ4n) is 1.44. The van der Waals surface area contributed by atoms with Gasteiger partial charge < -0.3 is 20.7 Å². The first kappa shape index (κ1) is 13.8. The van der Waals surface area contributed by atoms with Crippen molar-refractivity contribution in [1.82, 2.24) is 4.90 Å². The summed E-state index contributed by atoms with van der Waals surface area (Å²) in [7, 11) is 4.08. The maximum atomic E-state index is 5.74. The van der Waals surface area contributed by atoms with E-state index < -0.39 is 0 Å². The molecule has 4 heteroatoms. The van der Waals surface area contributed by atoms with Gasteiger partial charge in [-0.3, -0.25) is 0 Å². The van der Waals surface area contributed by atoms with E-state index in [0.29, 0.717) is 6.61 Å². The molecule has 17 heavy (non-hydrogen) atoms. The number of nitrogens with one attached hydrogen (secondary N) is 1. The van der Waals surface area contributed by atoms with Gasteiger partial charge in [0.1, 0.15) is 0 Å². The number of nitrogen functional groups attached to an aromatic ring is 1. The third-order valence-electron chi connectivity index (χ3n) is 2.51. The highest BCUT2D eigenvalue weighted by molar-refractivity contribution is 5.59. The van der Waals surface area contributed by atoms with Crippen molar-refractivity contribution in [3.63, 3.8) is 0 Å². The van der Waals surface area contributed by atoms with Gasteiger partial charge in [-0.05, 0) is 38.7 Å². The summed E-state index contributed by atoms with van der Waals surface area (Å²) < 4.78 is 5.50. The van der Waals surface area contributed by atoms with E-state index in [1.54, 1.807) is 0 Å². The molecule has 1 rings (SSSR count). The Hall–Kier alpha value is -1.26. The first-order valence-electron chi connectivity index (χ1n) is 5.92. The van der Waals surface area contributed by atoms with Gasteiger partial charge in [0, 0.05) is 24.5 Å². The standard InChI is InChI=1S/C13H23N3O/c1-11-4-5-12(14)10-13(11)15-6-8-17-9-7-16(2)3/h4-5,10,15H,6-9,14H2,1-3H3. The molecule has 0 heterocycles. The van der Waals surface area contributed by atoms with Crippen LogP contribution in [0.25, 0.3) is 0 Å². The lowest BCUT2D eigenvalue weighted by atomic mass is 10.2. The van der Waals surface area contributed by atoms with Crippen LogP contribution < -0.4 is 11.1 Å². The smallest absolute Gasteiger partial charge is 0.0639 e. The van der Waals surface area contributed by atoms with E-state index in [1.165, 1.54) is 5.56 Å². The fraction of sp³-hybridized carbons (Fsp3) is 0.538. The number of aryl methyl sites for hydroxylation is 1. The molecule has 1 aromatic carbocycles. The molecule has 0 radical (unpaired) electrons. The Labute approximate surface area is 104 Å². The van der Waals surface area contributed by atoms with Gasteiger partial charge in [0.25, 0.3) is 0 Å². The molecule has 4 nitrogen and oxygen atoms in total. The minimum Gasteiger partial charge on any atom is -0.399 e. The molecule has 0 amide bonds. The van der Waals surface area contributed by atoms with E-state index in [9.17, 15) is 0 Å². The van der Waals surface area contributed by atoms with Crippen LogP contribution in [-0.4, -0.2) is 45.3 Å². The summed E-state index contributed by atoms with van der Waals surface area (Å²) in [5, 5.41) is 3.32. The highest BCUT2D eigenvalue weighted by atomic mass is 16.5. The van der Waals surface area contributed by atoms with E-state index in [0.717, 1.165) is 31.1 Å². The predicted molar refractivity (Wildman–Crippen MR) is 73.5 cm³/mol. The van der Waals surface area contributed by atoms with Gasteiger partial charge in [0.15, 0.2) is 0 Å². The number of ether oxygens (including phenoxy) is 1. The van der Waals surface area contributed by atoms with E-state index in [-0.39, 0.29) is 0 Å². The van der Waals surface area contributed by atoms with Crippen molar-refractivity contribution in [3.8, 4) is 0 Å². The Morgan fingerprint density at radius 3 is 2.76 bits per heavy atom. The molecule has 0 unspecified atom stereocenters. The SMILES string of the molecule is Cc1ccc(N)cc1NCCOCCN(C)C. The zero-order valence-electron chi connectivity index (χ0n) is 11.0. The summed E-state index contributed by atoms with van der Waals surface area (Å²) in [6.45, 7) is 5.30. The summed E-state index contributed by atoms with van der Waals surface area (Å²) in [6, 6.07) is 5.88. The van der Waals surface area contributed by atoms with E-state index in [4.69, 9.17) is 10.5 Å².